The molecule has 2 amide bonds. The van der Waals surface area contributed by atoms with Crippen LogP contribution in [0.25, 0.3) is 11.6 Å². The van der Waals surface area contributed by atoms with Gasteiger partial charge >= 0.3 is 5.97 Å². The fourth-order valence-corrected chi connectivity index (χ4v) is 6.80. The molecule has 4 rings (SSSR count). The van der Waals surface area contributed by atoms with E-state index in [0.717, 1.165) is 33.4 Å². The van der Waals surface area contributed by atoms with Crippen molar-refractivity contribution in [3.8, 4) is 5.75 Å². The van der Waals surface area contributed by atoms with Gasteiger partial charge in [0, 0.05) is 18.9 Å². The number of aliphatic hydroxyl groups excluding tert-OH is 2. The van der Waals surface area contributed by atoms with Gasteiger partial charge in [-0.2, -0.15) is 0 Å². The number of nitrogens with zero attached hydrogens (tertiary/aromatic N) is 1. The number of phenols is 1. The molecule has 1 aliphatic carbocycles. The van der Waals surface area contributed by atoms with Crippen molar-refractivity contribution in [2.24, 2.45) is 17.8 Å². The molecule has 1 fully saturated rings. The summed E-state index contributed by atoms with van der Waals surface area (Å²) in [6.45, 7) is 5.49. The molecule has 0 spiro atoms. The molecule has 1 saturated heterocycles. The SMILES string of the molecule is CC1=C([C@H](O)CC/C(=C/c2cc(C)c(O)c(C)c2)c2ccccc2)[C@H](CO)[C@@H]2C(=O)N(CCCCCC(=O)O)C(=O)[C@@H]2C1. The van der Waals surface area contributed by atoms with Gasteiger partial charge in [0.2, 0.25) is 11.8 Å². The molecule has 4 atom stereocenters. The van der Waals surface area contributed by atoms with E-state index in [1.165, 1.54) is 4.90 Å². The summed E-state index contributed by atoms with van der Waals surface area (Å²) in [7, 11) is 0. The van der Waals surface area contributed by atoms with Gasteiger partial charge < -0.3 is 20.4 Å². The number of hydrogen-bond acceptors (Lipinski definition) is 6. The molecule has 0 bridgehead atoms. The molecule has 0 aromatic heterocycles. The quantitative estimate of drug-likeness (QED) is 0.108. The Labute approximate surface area is 253 Å². The second-order valence-electron chi connectivity index (χ2n) is 12.0. The highest BCUT2D eigenvalue weighted by Crippen LogP contribution is 2.46. The lowest BCUT2D eigenvalue weighted by Gasteiger charge is -2.35. The zero-order valence-corrected chi connectivity index (χ0v) is 25.3. The zero-order valence-electron chi connectivity index (χ0n) is 25.3. The Morgan fingerprint density at radius 1 is 1.00 bits per heavy atom. The molecule has 8 heteroatoms. The Bertz CT molecular complexity index is 1390. The molecular formula is C35H43NO7. The molecule has 2 aliphatic rings. The number of aryl methyl sites for hydroxylation is 2. The minimum absolute atomic E-state index is 0.0550. The second-order valence-corrected chi connectivity index (χ2v) is 12.0. The van der Waals surface area contributed by atoms with Gasteiger partial charge in [0.25, 0.3) is 0 Å². The number of carboxylic acid groups (broad SMARTS) is 1. The number of likely N-dealkylation sites (tertiary alicyclic amines) is 1. The van der Waals surface area contributed by atoms with E-state index in [4.69, 9.17) is 5.11 Å². The van der Waals surface area contributed by atoms with E-state index >= 15 is 0 Å². The van der Waals surface area contributed by atoms with Crippen LogP contribution in [-0.4, -0.2) is 62.4 Å². The first-order chi connectivity index (χ1) is 20.5. The first kappa shape index (κ1) is 32.2. The van der Waals surface area contributed by atoms with Crippen LogP contribution < -0.4 is 0 Å². The van der Waals surface area contributed by atoms with E-state index in [1.807, 2.05) is 63.2 Å². The van der Waals surface area contributed by atoms with Crippen molar-refractivity contribution in [2.75, 3.05) is 13.2 Å². The molecule has 1 aliphatic heterocycles. The van der Waals surface area contributed by atoms with Crippen LogP contribution >= 0.6 is 0 Å². The Balaban J connectivity index is 1.52. The average Bonchev–Trinajstić information content (AvgIpc) is 3.21. The third-order valence-corrected chi connectivity index (χ3v) is 8.93. The third-order valence-electron chi connectivity index (χ3n) is 8.93. The topological polar surface area (TPSA) is 135 Å². The number of rotatable bonds is 13. The number of amides is 2. The zero-order chi connectivity index (χ0) is 31.3. The smallest absolute Gasteiger partial charge is 0.303 e. The number of carbonyl (C=O) groups is 3. The number of fused-ring (bicyclic) bond motifs is 1. The van der Waals surface area contributed by atoms with Crippen LogP contribution in [0.1, 0.15) is 74.1 Å². The van der Waals surface area contributed by atoms with Crippen molar-refractivity contribution in [3.63, 3.8) is 0 Å². The number of aliphatic hydroxyl groups is 2. The monoisotopic (exact) mass is 589 g/mol. The van der Waals surface area contributed by atoms with E-state index in [1.54, 1.807) is 0 Å². The minimum Gasteiger partial charge on any atom is -0.507 e. The maximum atomic E-state index is 13.5. The first-order valence-corrected chi connectivity index (χ1v) is 15.1. The lowest BCUT2D eigenvalue weighted by Crippen LogP contribution is -2.38. The molecule has 0 saturated carbocycles. The molecule has 4 N–H and O–H groups in total. The lowest BCUT2D eigenvalue weighted by atomic mass is 9.68. The molecule has 43 heavy (non-hydrogen) atoms. The molecule has 2 aromatic carbocycles. The molecule has 8 nitrogen and oxygen atoms in total. The van der Waals surface area contributed by atoms with Gasteiger partial charge in [0.15, 0.2) is 0 Å². The van der Waals surface area contributed by atoms with Gasteiger partial charge in [-0.1, -0.05) is 48.4 Å². The largest absolute Gasteiger partial charge is 0.507 e. The van der Waals surface area contributed by atoms with Crippen molar-refractivity contribution in [2.45, 2.75) is 71.8 Å². The summed E-state index contributed by atoms with van der Waals surface area (Å²) in [6, 6.07) is 13.8. The molecule has 230 valence electrons. The number of aliphatic carboxylic acids is 1. The second kappa shape index (κ2) is 14.1. The molecular weight excluding hydrogens is 546 g/mol. The van der Waals surface area contributed by atoms with E-state index in [9.17, 15) is 29.7 Å². The number of allylic oxidation sites excluding steroid dienone is 2. The van der Waals surface area contributed by atoms with Crippen LogP contribution in [0, 0.1) is 31.6 Å². The molecule has 0 radical (unpaired) electrons. The number of aromatic hydroxyl groups is 1. The van der Waals surface area contributed by atoms with Crippen molar-refractivity contribution in [1.82, 2.24) is 4.90 Å². The summed E-state index contributed by atoms with van der Waals surface area (Å²) in [5, 5.41) is 41.1. The van der Waals surface area contributed by atoms with Crippen LogP contribution in [0.4, 0.5) is 0 Å². The van der Waals surface area contributed by atoms with Gasteiger partial charge in [-0.3, -0.25) is 19.3 Å². The van der Waals surface area contributed by atoms with Crippen LogP contribution in [0.5, 0.6) is 5.75 Å². The number of hydrogen-bond donors (Lipinski definition) is 4. The van der Waals surface area contributed by atoms with E-state index in [0.29, 0.717) is 44.1 Å². The average molecular weight is 590 g/mol. The van der Waals surface area contributed by atoms with Crippen LogP contribution in [0.15, 0.2) is 53.6 Å². The maximum absolute atomic E-state index is 13.5. The van der Waals surface area contributed by atoms with E-state index in [-0.39, 0.29) is 37.1 Å². The third kappa shape index (κ3) is 7.25. The normalized spacial score (nSPS) is 21.4. The number of phenolic OH excluding ortho intramolecular Hbond substituents is 1. The molecule has 0 unspecified atom stereocenters. The summed E-state index contributed by atoms with van der Waals surface area (Å²) >= 11 is 0. The lowest BCUT2D eigenvalue weighted by molar-refractivity contribution is -0.141. The summed E-state index contributed by atoms with van der Waals surface area (Å²) in [6.07, 6.45) is 4.10. The van der Waals surface area contributed by atoms with Gasteiger partial charge in [-0.05, 0) is 98.4 Å². The van der Waals surface area contributed by atoms with Gasteiger partial charge in [-0.15, -0.1) is 0 Å². The highest BCUT2D eigenvalue weighted by molar-refractivity contribution is 6.05. The predicted octanol–water partition coefficient (Wildman–Crippen LogP) is 5.27. The number of carbonyl (C=O) groups excluding carboxylic acids is 2. The van der Waals surface area contributed by atoms with E-state index < -0.39 is 29.8 Å². The van der Waals surface area contributed by atoms with Crippen molar-refractivity contribution in [3.05, 3.63) is 75.9 Å². The number of imide groups is 1. The van der Waals surface area contributed by atoms with Crippen molar-refractivity contribution in [1.29, 1.82) is 0 Å². The highest BCUT2D eigenvalue weighted by atomic mass is 16.4. The standard InChI is InChI=1S/C35H43NO7/c1-21-18-27-32(35(43)36(34(27)42)15-9-5-8-12-30(39)40)28(20-37)31(21)29(38)14-13-26(25-10-6-4-7-11-25)19-24-16-22(2)33(41)23(3)17-24/h4,6-7,10-11,16-17,19,27-29,32,37-38,41H,5,8-9,12-15,18,20H2,1-3H3,(H,39,40)/b26-19-/t27-,28+,29-,32-/m1/s1. The molecule has 2 aromatic rings. The number of unbranched alkanes of at least 4 members (excludes halogenated alkanes) is 2. The summed E-state index contributed by atoms with van der Waals surface area (Å²) < 4.78 is 0. The van der Waals surface area contributed by atoms with E-state index in [2.05, 4.69) is 6.08 Å². The first-order valence-electron chi connectivity index (χ1n) is 15.1. The predicted molar refractivity (Wildman–Crippen MR) is 165 cm³/mol. The summed E-state index contributed by atoms with van der Waals surface area (Å²) in [5.41, 5.74) is 6.03. The Kier molecular flexibility index (Phi) is 10.6. The fourth-order valence-electron chi connectivity index (χ4n) is 6.80. The van der Waals surface area contributed by atoms with Crippen molar-refractivity contribution >= 4 is 29.4 Å². The Hall–Kier alpha value is -3.75. The van der Waals surface area contributed by atoms with Crippen LogP contribution in [0.3, 0.4) is 0 Å². The number of carboxylic acids is 1. The van der Waals surface area contributed by atoms with Crippen molar-refractivity contribution < 1.29 is 34.8 Å². The van der Waals surface area contributed by atoms with Gasteiger partial charge in [0.05, 0.1) is 24.5 Å². The van der Waals surface area contributed by atoms with Crippen LogP contribution in [0.2, 0.25) is 0 Å². The Morgan fingerprint density at radius 3 is 2.30 bits per heavy atom. The fraction of sp³-hybridized carbons (Fsp3) is 0.457. The highest BCUT2D eigenvalue weighted by Gasteiger charge is 2.54. The number of benzene rings is 2. The Morgan fingerprint density at radius 2 is 1.67 bits per heavy atom. The minimum atomic E-state index is -0.901. The summed E-state index contributed by atoms with van der Waals surface area (Å²) in [4.78, 5) is 38.8. The van der Waals surface area contributed by atoms with Gasteiger partial charge in [0.1, 0.15) is 5.75 Å². The van der Waals surface area contributed by atoms with Gasteiger partial charge in [-0.25, -0.2) is 0 Å². The molecule has 1 heterocycles. The maximum Gasteiger partial charge on any atom is 0.303 e. The van der Waals surface area contributed by atoms with Crippen LogP contribution in [-0.2, 0) is 14.4 Å². The summed E-state index contributed by atoms with van der Waals surface area (Å²) in [5.74, 6) is -3.06.